The van der Waals surface area contributed by atoms with Crippen LogP contribution < -0.4 is 25.4 Å². The van der Waals surface area contributed by atoms with Crippen LogP contribution >= 0.6 is 15.9 Å². The maximum atomic E-state index is 13.0. The van der Waals surface area contributed by atoms with E-state index in [1.165, 1.54) is 0 Å². The number of ether oxygens (including phenoxy) is 2. The molecule has 4 rings (SSSR count). The first-order valence-electron chi connectivity index (χ1n) is 11.1. The number of aryl methyl sites for hydroxylation is 1. The standard InChI is InChI=1S/C24H29BrN6O3/c1-29-23(19(25)16-27-29)18-15-17(7-8-21(18)34-14-9-26)28-24(32)31-12-10-30(11-13-31)20-5-3-4-6-22(20)33-2/h3-8,15-16H,9-14,26H2,1-2H3,(H,28,32). The quantitative estimate of drug-likeness (QED) is 0.486. The van der Waals surface area contributed by atoms with Gasteiger partial charge >= 0.3 is 6.03 Å². The Hall–Kier alpha value is -3.24. The van der Waals surface area contributed by atoms with E-state index in [0.717, 1.165) is 40.3 Å². The molecule has 9 nitrogen and oxygen atoms in total. The number of halogens is 1. The van der Waals surface area contributed by atoms with Crippen molar-refractivity contribution < 1.29 is 14.3 Å². The Balaban J connectivity index is 1.46. The molecule has 2 amide bonds. The van der Waals surface area contributed by atoms with Crippen molar-refractivity contribution in [2.75, 3.05) is 56.7 Å². The number of amides is 2. The lowest BCUT2D eigenvalue weighted by Gasteiger charge is -2.36. The van der Waals surface area contributed by atoms with Crippen molar-refractivity contribution >= 4 is 33.3 Å². The maximum Gasteiger partial charge on any atom is 0.321 e. The summed E-state index contributed by atoms with van der Waals surface area (Å²) in [7, 11) is 3.53. The molecule has 1 aliphatic heterocycles. The molecule has 2 heterocycles. The molecule has 0 radical (unpaired) electrons. The van der Waals surface area contributed by atoms with Crippen LogP contribution in [0.25, 0.3) is 11.3 Å². The molecular weight excluding hydrogens is 500 g/mol. The summed E-state index contributed by atoms with van der Waals surface area (Å²) in [5.74, 6) is 1.52. The van der Waals surface area contributed by atoms with E-state index in [9.17, 15) is 4.79 Å². The molecule has 0 unspecified atom stereocenters. The number of carbonyl (C=O) groups excluding carboxylic acids is 1. The Kier molecular flexibility index (Phi) is 7.59. The predicted octanol–water partition coefficient (Wildman–Crippen LogP) is 3.55. The second-order valence-electron chi connectivity index (χ2n) is 7.89. The number of nitrogens with two attached hydrogens (primary N) is 1. The van der Waals surface area contributed by atoms with Crippen LogP contribution in [0.3, 0.4) is 0 Å². The highest BCUT2D eigenvalue weighted by Crippen LogP contribution is 2.37. The zero-order chi connectivity index (χ0) is 24.1. The van der Waals surface area contributed by atoms with Gasteiger partial charge in [0.15, 0.2) is 0 Å². The van der Waals surface area contributed by atoms with Gasteiger partial charge < -0.3 is 30.3 Å². The summed E-state index contributed by atoms with van der Waals surface area (Å²) in [6.45, 7) is 3.49. The number of anilines is 2. The number of aromatic nitrogens is 2. The van der Waals surface area contributed by atoms with Gasteiger partial charge in [-0.05, 0) is 46.3 Å². The van der Waals surface area contributed by atoms with Crippen LogP contribution in [0.5, 0.6) is 11.5 Å². The minimum absolute atomic E-state index is 0.134. The fourth-order valence-electron chi connectivity index (χ4n) is 4.05. The summed E-state index contributed by atoms with van der Waals surface area (Å²) in [4.78, 5) is 17.1. The molecule has 0 aliphatic carbocycles. The van der Waals surface area contributed by atoms with E-state index in [1.807, 2.05) is 54.4 Å². The fraction of sp³-hybridized carbons (Fsp3) is 0.333. The first-order chi connectivity index (χ1) is 16.5. The molecule has 10 heteroatoms. The van der Waals surface area contributed by atoms with Crippen LogP contribution in [0, 0.1) is 0 Å². The smallest absolute Gasteiger partial charge is 0.321 e. The number of rotatable bonds is 7. The Morgan fingerprint density at radius 1 is 1.15 bits per heavy atom. The van der Waals surface area contributed by atoms with Gasteiger partial charge in [-0.2, -0.15) is 5.10 Å². The topological polar surface area (TPSA) is 97.9 Å². The summed E-state index contributed by atoms with van der Waals surface area (Å²) in [5.41, 5.74) is 9.02. The minimum atomic E-state index is -0.134. The molecule has 0 spiro atoms. The van der Waals surface area contributed by atoms with Crippen molar-refractivity contribution in [3.05, 3.63) is 53.1 Å². The minimum Gasteiger partial charge on any atom is -0.495 e. The van der Waals surface area contributed by atoms with Crippen LogP contribution in [0.2, 0.25) is 0 Å². The number of urea groups is 1. The molecule has 1 saturated heterocycles. The molecule has 1 aromatic heterocycles. The SMILES string of the molecule is COc1ccccc1N1CCN(C(=O)Nc2ccc(OCCN)c(-c3c(Br)cnn3C)c2)CC1. The second kappa shape index (κ2) is 10.8. The zero-order valence-electron chi connectivity index (χ0n) is 19.3. The van der Waals surface area contributed by atoms with E-state index in [0.29, 0.717) is 37.7 Å². The van der Waals surface area contributed by atoms with E-state index in [2.05, 4.69) is 31.2 Å². The summed E-state index contributed by atoms with van der Waals surface area (Å²) in [5, 5.41) is 7.33. The number of carbonyl (C=O) groups is 1. The van der Waals surface area contributed by atoms with Gasteiger partial charge in [-0.1, -0.05) is 12.1 Å². The lowest BCUT2D eigenvalue weighted by Crippen LogP contribution is -2.50. The van der Waals surface area contributed by atoms with Crippen LogP contribution in [0.1, 0.15) is 0 Å². The van der Waals surface area contributed by atoms with Crippen molar-refractivity contribution in [3.8, 4) is 22.8 Å². The Bertz CT molecular complexity index is 1120. The lowest BCUT2D eigenvalue weighted by molar-refractivity contribution is 0.208. The molecule has 1 fully saturated rings. The van der Waals surface area contributed by atoms with Gasteiger partial charge in [-0.15, -0.1) is 0 Å². The van der Waals surface area contributed by atoms with Crippen LogP contribution in [-0.4, -0.2) is 67.2 Å². The van der Waals surface area contributed by atoms with Crippen LogP contribution in [-0.2, 0) is 7.05 Å². The molecule has 0 atom stereocenters. The molecule has 3 aromatic rings. The van der Waals surface area contributed by atoms with Crippen molar-refractivity contribution in [2.24, 2.45) is 12.8 Å². The summed E-state index contributed by atoms with van der Waals surface area (Å²) >= 11 is 3.56. The summed E-state index contributed by atoms with van der Waals surface area (Å²) in [6.07, 6.45) is 1.73. The highest BCUT2D eigenvalue weighted by molar-refractivity contribution is 9.10. The van der Waals surface area contributed by atoms with Crippen LogP contribution in [0.15, 0.2) is 53.1 Å². The number of nitrogens with one attached hydrogen (secondary N) is 1. The van der Waals surface area contributed by atoms with Gasteiger partial charge in [0, 0.05) is 51.0 Å². The van der Waals surface area contributed by atoms with Gasteiger partial charge in [0.1, 0.15) is 18.1 Å². The average Bonchev–Trinajstić information content (AvgIpc) is 3.20. The van der Waals surface area contributed by atoms with Gasteiger partial charge in [0.25, 0.3) is 0 Å². The van der Waals surface area contributed by atoms with E-state index in [1.54, 1.807) is 18.0 Å². The number of nitrogens with zero attached hydrogens (tertiary/aromatic N) is 4. The molecule has 3 N–H and O–H groups in total. The molecular formula is C24H29BrN6O3. The zero-order valence-corrected chi connectivity index (χ0v) is 20.9. The van der Waals surface area contributed by atoms with Gasteiger partial charge in [-0.25, -0.2) is 4.79 Å². The molecule has 0 bridgehead atoms. The number of hydrogen-bond acceptors (Lipinski definition) is 6. The Morgan fingerprint density at radius 3 is 2.59 bits per heavy atom. The van der Waals surface area contributed by atoms with E-state index < -0.39 is 0 Å². The number of benzene rings is 2. The molecule has 34 heavy (non-hydrogen) atoms. The number of piperazine rings is 1. The fourth-order valence-corrected chi connectivity index (χ4v) is 4.61. The first kappa shape index (κ1) is 23.9. The van der Waals surface area contributed by atoms with E-state index in [4.69, 9.17) is 15.2 Å². The highest BCUT2D eigenvalue weighted by Gasteiger charge is 2.23. The Labute approximate surface area is 207 Å². The monoisotopic (exact) mass is 528 g/mol. The molecule has 0 saturated carbocycles. The van der Waals surface area contributed by atoms with Crippen molar-refractivity contribution in [3.63, 3.8) is 0 Å². The Morgan fingerprint density at radius 2 is 1.91 bits per heavy atom. The summed E-state index contributed by atoms with van der Waals surface area (Å²) < 4.78 is 13.9. The van der Waals surface area contributed by atoms with Crippen molar-refractivity contribution in [1.82, 2.24) is 14.7 Å². The third kappa shape index (κ3) is 5.13. The highest BCUT2D eigenvalue weighted by atomic mass is 79.9. The molecule has 180 valence electrons. The van der Waals surface area contributed by atoms with Crippen LogP contribution in [0.4, 0.5) is 16.2 Å². The van der Waals surface area contributed by atoms with Gasteiger partial charge in [0.05, 0.1) is 29.2 Å². The second-order valence-corrected chi connectivity index (χ2v) is 8.74. The first-order valence-corrected chi connectivity index (χ1v) is 11.9. The largest absolute Gasteiger partial charge is 0.495 e. The number of methoxy groups -OCH3 is 1. The summed E-state index contributed by atoms with van der Waals surface area (Å²) in [6, 6.07) is 13.4. The molecule has 2 aromatic carbocycles. The van der Waals surface area contributed by atoms with Gasteiger partial charge in [-0.3, -0.25) is 4.68 Å². The lowest BCUT2D eigenvalue weighted by atomic mass is 10.1. The van der Waals surface area contributed by atoms with Crippen molar-refractivity contribution in [2.45, 2.75) is 0 Å². The maximum absolute atomic E-state index is 13.0. The molecule has 1 aliphatic rings. The van der Waals surface area contributed by atoms with E-state index in [-0.39, 0.29) is 6.03 Å². The predicted molar refractivity (Wildman–Crippen MR) is 137 cm³/mol. The van der Waals surface area contributed by atoms with Crippen molar-refractivity contribution in [1.29, 1.82) is 0 Å². The third-order valence-electron chi connectivity index (χ3n) is 5.75. The van der Waals surface area contributed by atoms with E-state index >= 15 is 0 Å². The van der Waals surface area contributed by atoms with Gasteiger partial charge in [0.2, 0.25) is 0 Å². The normalized spacial score (nSPS) is 13.6. The third-order valence-corrected chi connectivity index (χ3v) is 6.33. The number of para-hydroxylation sites is 2. The number of hydrogen-bond donors (Lipinski definition) is 2. The average molecular weight is 529 g/mol.